The van der Waals surface area contributed by atoms with Crippen molar-refractivity contribution < 1.29 is 23.8 Å². The molecule has 1 saturated heterocycles. The normalized spacial score (nSPS) is 33.8. The Balaban J connectivity index is 1.71. The Labute approximate surface area is 148 Å². The van der Waals surface area contributed by atoms with Crippen LogP contribution in [0, 0.1) is 11.8 Å². The number of carbonyl (C=O) groups is 2. The number of rotatable bonds is 4. The number of hydrogen-bond acceptors (Lipinski definition) is 5. The first-order valence-electron chi connectivity index (χ1n) is 7.82. The number of ketones is 2. The van der Waals surface area contributed by atoms with E-state index in [1.807, 2.05) is 12.1 Å². The average molecular weight is 393 g/mol. The molecule has 5 nitrogen and oxygen atoms in total. The number of benzene rings is 1. The van der Waals surface area contributed by atoms with Crippen molar-refractivity contribution in [2.75, 3.05) is 20.8 Å². The second-order valence-corrected chi connectivity index (χ2v) is 7.29. The predicted octanol–water partition coefficient (Wildman–Crippen LogP) is 2.28. The van der Waals surface area contributed by atoms with Gasteiger partial charge in [-0.1, -0.05) is 28.1 Å². The molecule has 2 bridgehead atoms. The van der Waals surface area contributed by atoms with Crippen LogP contribution in [0.3, 0.4) is 0 Å². The minimum Gasteiger partial charge on any atom is -0.496 e. The summed E-state index contributed by atoms with van der Waals surface area (Å²) in [7, 11) is 3.16. The third-order valence-electron chi connectivity index (χ3n) is 5.16. The average Bonchev–Trinajstić information content (AvgIpc) is 3.20. The molecule has 0 aromatic heterocycles. The van der Waals surface area contributed by atoms with Gasteiger partial charge in [0, 0.05) is 17.1 Å². The van der Waals surface area contributed by atoms with E-state index in [0.717, 1.165) is 10.0 Å². The Kier molecular flexibility index (Phi) is 3.86. The lowest BCUT2D eigenvalue weighted by Gasteiger charge is -2.19. The van der Waals surface area contributed by atoms with Crippen LogP contribution in [-0.4, -0.2) is 44.6 Å². The van der Waals surface area contributed by atoms with Gasteiger partial charge in [-0.2, -0.15) is 0 Å². The number of Topliss-reactive ketones (excluding diaryl/α,β-unsaturated/α-hetero) is 2. The monoisotopic (exact) mass is 392 g/mol. The van der Waals surface area contributed by atoms with Crippen molar-refractivity contribution in [2.45, 2.75) is 18.1 Å². The number of hydrogen-bond donors (Lipinski definition) is 0. The van der Waals surface area contributed by atoms with Crippen LogP contribution >= 0.6 is 15.9 Å². The molecule has 1 aliphatic carbocycles. The van der Waals surface area contributed by atoms with E-state index < -0.39 is 11.8 Å². The van der Waals surface area contributed by atoms with Crippen LogP contribution in [0.4, 0.5) is 0 Å². The maximum absolute atomic E-state index is 13.1. The van der Waals surface area contributed by atoms with Gasteiger partial charge < -0.3 is 14.2 Å². The third kappa shape index (κ3) is 2.13. The molecular weight excluding hydrogens is 376 g/mol. The molecule has 1 aromatic carbocycles. The molecule has 2 heterocycles. The maximum atomic E-state index is 13.1. The summed E-state index contributed by atoms with van der Waals surface area (Å²) in [6.45, 7) is 0.429. The van der Waals surface area contributed by atoms with Crippen molar-refractivity contribution in [3.8, 4) is 5.75 Å². The molecule has 126 valence electrons. The Morgan fingerprint density at radius 2 is 1.92 bits per heavy atom. The molecule has 0 radical (unpaired) electrons. The van der Waals surface area contributed by atoms with Crippen molar-refractivity contribution in [3.63, 3.8) is 0 Å². The van der Waals surface area contributed by atoms with Crippen LogP contribution in [0.15, 0.2) is 34.3 Å². The molecule has 0 spiro atoms. The zero-order valence-corrected chi connectivity index (χ0v) is 14.9. The number of ether oxygens (including phenoxy) is 3. The number of carbonyl (C=O) groups excluding carboxylic acids is 2. The first-order chi connectivity index (χ1) is 11.6. The van der Waals surface area contributed by atoms with E-state index in [1.165, 1.54) is 0 Å². The van der Waals surface area contributed by atoms with Gasteiger partial charge in [-0.15, -0.1) is 0 Å². The van der Waals surface area contributed by atoms with Crippen LogP contribution < -0.4 is 4.74 Å². The van der Waals surface area contributed by atoms with Crippen molar-refractivity contribution in [2.24, 2.45) is 11.8 Å². The summed E-state index contributed by atoms with van der Waals surface area (Å²) in [5.41, 5.74) is 1.60. The van der Waals surface area contributed by atoms with Gasteiger partial charge in [-0.25, -0.2) is 0 Å². The zero-order chi connectivity index (χ0) is 17.0. The summed E-state index contributed by atoms with van der Waals surface area (Å²) in [6.07, 6.45) is 1.30. The van der Waals surface area contributed by atoms with Crippen LogP contribution in [0.1, 0.15) is 11.5 Å². The largest absolute Gasteiger partial charge is 0.496 e. The molecule has 5 atom stereocenters. The minimum atomic E-state index is -0.771. The van der Waals surface area contributed by atoms with Gasteiger partial charge in [0.1, 0.15) is 11.7 Å². The van der Waals surface area contributed by atoms with Crippen molar-refractivity contribution in [3.05, 3.63) is 39.9 Å². The van der Waals surface area contributed by atoms with E-state index in [-0.39, 0.29) is 29.7 Å². The highest BCUT2D eigenvalue weighted by Gasteiger charge is 2.63. The second kappa shape index (κ2) is 5.79. The van der Waals surface area contributed by atoms with E-state index in [4.69, 9.17) is 14.2 Å². The van der Waals surface area contributed by atoms with E-state index >= 15 is 0 Å². The molecule has 2 fully saturated rings. The lowest BCUT2D eigenvalue weighted by Crippen LogP contribution is -2.30. The molecule has 3 aliphatic rings. The molecule has 4 rings (SSSR count). The van der Waals surface area contributed by atoms with Gasteiger partial charge in [0.25, 0.3) is 0 Å². The minimum absolute atomic E-state index is 0.0640. The van der Waals surface area contributed by atoms with Crippen LogP contribution in [0.25, 0.3) is 0 Å². The molecule has 6 heteroatoms. The number of methoxy groups -OCH3 is 2. The first kappa shape index (κ1) is 16.0. The SMILES string of the molecule is COCC1=CC2OC1C1C(=O)C(c3ccc(Br)cc3OC)C(=O)C21. The van der Waals surface area contributed by atoms with Crippen molar-refractivity contribution in [1.82, 2.24) is 0 Å². The molecule has 5 unspecified atom stereocenters. The first-order valence-corrected chi connectivity index (χ1v) is 8.62. The lowest BCUT2D eigenvalue weighted by molar-refractivity contribution is -0.127. The van der Waals surface area contributed by atoms with Gasteiger partial charge >= 0.3 is 0 Å². The highest BCUT2D eigenvalue weighted by atomic mass is 79.9. The Hall–Kier alpha value is -1.50. The van der Waals surface area contributed by atoms with E-state index in [2.05, 4.69) is 15.9 Å². The summed E-state index contributed by atoms with van der Waals surface area (Å²) in [6, 6.07) is 5.40. The summed E-state index contributed by atoms with van der Waals surface area (Å²) in [4.78, 5) is 26.0. The Morgan fingerprint density at radius 1 is 1.17 bits per heavy atom. The van der Waals surface area contributed by atoms with E-state index in [0.29, 0.717) is 17.9 Å². The number of halogens is 1. The van der Waals surface area contributed by atoms with Gasteiger partial charge in [-0.3, -0.25) is 9.59 Å². The van der Waals surface area contributed by atoms with Gasteiger partial charge in [-0.05, 0) is 17.7 Å². The summed E-state index contributed by atoms with van der Waals surface area (Å²) < 4.78 is 17.3. The fourth-order valence-corrected chi connectivity index (χ4v) is 4.56. The topological polar surface area (TPSA) is 61.8 Å². The molecule has 0 N–H and O–H groups in total. The predicted molar refractivity (Wildman–Crippen MR) is 89.0 cm³/mol. The molecule has 2 aliphatic heterocycles. The second-order valence-electron chi connectivity index (χ2n) is 6.37. The van der Waals surface area contributed by atoms with Crippen molar-refractivity contribution >= 4 is 27.5 Å². The van der Waals surface area contributed by atoms with Gasteiger partial charge in [0.2, 0.25) is 0 Å². The fourth-order valence-electron chi connectivity index (χ4n) is 4.22. The zero-order valence-electron chi connectivity index (χ0n) is 13.3. The summed E-state index contributed by atoms with van der Waals surface area (Å²) in [5, 5.41) is 0. The molecule has 0 amide bonds. The van der Waals surface area contributed by atoms with Crippen LogP contribution in [0.2, 0.25) is 0 Å². The standard InChI is InChI=1S/C18H17BrO5/c1-22-7-8-5-12-14-15(18(8)24-12)17(21)13(16(14)20)10-4-3-9(19)6-11(10)23-2/h3-6,12-15,18H,7H2,1-2H3. The van der Waals surface area contributed by atoms with Gasteiger partial charge in [0.15, 0.2) is 11.6 Å². The Morgan fingerprint density at radius 3 is 2.62 bits per heavy atom. The van der Waals surface area contributed by atoms with E-state index in [1.54, 1.807) is 26.4 Å². The molecule has 24 heavy (non-hydrogen) atoms. The quantitative estimate of drug-likeness (QED) is 0.580. The lowest BCUT2D eigenvalue weighted by atomic mass is 9.81. The molecular formula is C18H17BrO5. The smallest absolute Gasteiger partial charge is 0.154 e. The third-order valence-corrected chi connectivity index (χ3v) is 5.65. The van der Waals surface area contributed by atoms with E-state index in [9.17, 15) is 9.59 Å². The molecule has 1 saturated carbocycles. The fraction of sp³-hybridized carbons (Fsp3) is 0.444. The number of fused-ring (bicyclic) bond motifs is 5. The highest BCUT2D eigenvalue weighted by molar-refractivity contribution is 9.10. The summed E-state index contributed by atoms with van der Waals surface area (Å²) in [5.74, 6) is -1.15. The maximum Gasteiger partial charge on any atom is 0.154 e. The van der Waals surface area contributed by atoms with Crippen LogP contribution in [-0.2, 0) is 19.1 Å². The summed E-state index contributed by atoms with van der Waals surface area (Å²) >= 11 is 3.39. The highest BCUT2D eigenvalue weighted by Crippen LogP contribution is 2.52. The van der Waals surface area contributed by atoms with Crippen LogP contribution in [0.5, 0.6) is 5.75 Å². The Bertz CT molecular complexity index is 756. The molecule has 1 aromatic rings. The van der Waals surface area contributed by atoms with Crippen molar-refractivity contribution in [1.29, 1.82) is 0 Å². The van der Waals surface area contributed by atoms with Gasteiger partial charge in [0.05, 0.1) is 37.8 Å².